The van der Waals surface area contributed by atoms with Crippen LogP contribution < -0.4 is 10.6 Å². The maximum Gasteiger partial charge on any atom is 0.252 e. The van der Waals surface area contributed by atoms with Crippen LogP contribution in [0.25, 0.3) is 16.9 Å². The number of nitrogens with one attached hydrogen (secondary N) is 3. The van der Waals surface area contributed by atoms with Crippen LogP contribution in [0.1, 0.15) is 67.7 Å². The molecule has 2 fully saturated rings. The van der Waals surface area contributed by atoms with Crippen molar-refractivity contribution in [2.75, 3.05) is 25.6 Å². The first-order valence-corrected chi connectivity index (χ1v) is 15.0. The lowest BCUT2D eigenvalue weighted by Gasteiger charge is -2.38. The van der Waals surface area contributed by atoms with E-state index in [1.54, 1.807) is 25.6 Å². The highest BCUT2D eigenvalue weighted by molar-refractivity contribution is 5.88. The van der Waals surface area contributed by atoms with Crippen LogP contribution >= 0.6 is 0 Å². The number of methoxy groups -OCH3 is 1. The molecule has 1 aliphatic carbocycles. The fraction of sp³-hybridized carbons (Fsp3) is 0.433. The minimum Gasteiger partial charge on any atom is -0.377 e. The van der Waals surface area contributed by atoms with Gasteiger partial charge in [0, 0.05) is 31.0 Å². The molecule has 6 heterocycles. The number of nitrogens with zero attached hydrogens (tertiary/aromatic N) is 8. The van der Waals surface area contributed by atoms with Gasteiger partial charge in [-0.25, -0.2) is 28.7 Å². The predicted octanol–water partition coefficient (Wildman–Crippen LogP) is 3.81. The Bertz CT molecular complexity index is 1820. The average molecular weight is 616 g/mol. The molecule has 2 aliphatic rings. The number of aromatic amines is 1. The number of rotatable bonds is 9. The molecule has 5 aromatic heterocycles. The molecular weight excluding hydrogens is 581 g/mol. The Morgan fingerprint density at radius 1 is 1.18 bits per heavy atom. The summed E-state index contributed by atoms with van der Waals surface area (Å²) in [7, 11) is 1.58. The predicted molar refractivity (Wildman–Crippen MR) is 161 cm³/mol. The molecule has 3 N–H and O–H groups in total. The quantitative estimate of drug-likeness (QED) is 0.222. The number of hydrogen-bond acceptors (Lipinski definition) is 10. The van der Waals surface area contributed by atoms with Crippen LogP contribution in [0.5, 0.6) is 0 Å². The molecule has 234 valence electrons. The first-order chi connectivity index (χ1) is 21.8. The number of ether oxygens (including phenoxy) is 2. The highest BCUT2D eigenvalue weighted by Crippen LogP contribution is 2.40. The first-order valence-electron chi connectivity index (χ1n) is 15.0. The summed E-state index contributed by atoms with van der Waals surface area (Å²) in [5.74, 6) is 1.88. The van der Waals surface area contributed by atoms with Crippen molar-refractivity contribution < 1.29 is 18.7 Å². The van der Waals surface area contributed by atoms with Crippen LogP contribution in [0.4, 0.5) is 16.0 Å². The van der Waals surface area contributed by atoms with Gasteiger partial charge in [-0.1, -0.05) is 6.07 Å². The molecule has 0 bridgehead atoms. The lowest BCUT2D eigenvalue weighted by molar-refractivity contribution is -0.148. The molecule has 1 aliphatic heterocycles. The van der Waals surface area contributed by atoms with Gasteiger partial charge < -0.3 is 20.1 Å². The third-order valence-corrected chi connectivity index (χ3v) is 8.76. The van der Waals surface area contributed by atoms with Crippen molar-refractivity contribution in [2.24, 2.45) is 0 Å². The Morgan fingerprint density at radius 3 is 2.62 bits per heavy atom. The van der Waals surface area contributed by atoms with E-state index in [1.807, 2.05) is 30.7 Å². The summed E-state index contributed by atoms with van der Waals surface area (Å²) in [5.41, 5.74) is 1.51. The molecular formula is C30H34FN11O3. The van der Waals surface area contributed by atoms with Gasteiger partial charge >= 0.3 is 0 Å². The van der Waals surface area contributed by atoms with E-state index < -0.39 is 11.4 Å². The number of hydrogen-bond donors (Lipinski definition) is 3. The van der Waals surface area contributed by atoms with Gasteiger partial charge in [0.1, 0.15) is 23.3 Å². The second-order valence-corrected chi connectivity index (χ2v) is 11.7. The van der Waals surface area contributed by atoms with Gasteiger partial charge in [-0.3, -0.25) is 9.89 Å². The minimum atomic E-state index is -0.979. The Balaban J connectivity index is 1.07. The second-order valence-electron chi connectivity index (χ2n) is 11.7. The molecule has 1 amide bonds. The minimum absolute atomic E-state index is 0.0224. The summed E-state index contributed by atoms with van der Waals surface area (Å²) in [6.45, 7) is 5.02. The smallest absolute Gasteiger partial charge is 0.252 e. The van der Waals surface area contributed by atoms with Gasteiger partial charge in [-0.05, 0) is 51.2 Å². The molecule has 5 aromatic rings. The molecule has 7 rings (SSSR count). The lowest BCUT2D eigenvalue weighted by atomic mass is 9.77. The fourth-order valence-corrected chi connectivity index (χ4v) is 5.95. The van der Waals surface area contributed by atoms with Gasteiger partial charge in [0.25, 0.3) is 5.91 Å². The number of halogens is 1. The molecule has 15 heteroatoms. The largest absolute Gasteiger partial charge is 0.377 e. The number of anilines is 2. The van der Waals surface area contributed by atoms with E-state index in [2.05, 4.69) is 36.0 Å². The zero-order valence-corrected chi connectivity index (χ0v) is 25.2. The van der Waals surface area contributed by atoms with Crippen molar-refractivity contribution in [1.82, 2.24) is 50.0 Å². The van der Waals surface area contributed by atoms with Crippen LogP contribution in [0.3, 0.4) is 0 Å². The van der Waals surface area contributed by atoms with Gasteiger partial charge in [0.2, 0.25) is 0 Å². The van der Waals surface area contributed by atoms with Crippen LogP contribution in [0.2, 0.25) is 0 Å². The highest BCUT2D eigenvalue weighted by Gasteiger charge is 2.43. The number of pyridine rings is 1. The molecule has 1 saturated heterocycles. The van der Waals surface area contributed by atoms with Crippen molar-refractivity contribution in [3.63, 3.8) is 0 Å². The van der Waals surface area contributed by atoms with Gasteiger partial charge in [-0.2, -0.15) is 15.3 Å². The van der Waals surface area contributed by atoms with E-state index in [9.17, 15) is 9.18 Å². The van der Waals surface area contributed by atoms with Crippen molar-refractivity contribution >= 4 is 28.6 Å². The summed E-state index contributed by atoms with van der Waals surface area (Å²) in [6.07, 6.45) is 8.16. The van der Waals surface area contributed by atoms with Gasteiger partial charge in [0.05, 0.1) is 43.2 Å². The zero-order chi connectivity index (χ0) is 31.1. The Hall–Kier alpha value is -4.76. The summed E-state index contributed by atoms with van der Waals surface area (Å²) >= 11 is 0. The van der Waals surface area contributed by atoms with E-state index >= 15 is 0 Å². The molecule has 0 unspecified atom stereocenters. The normalized spacial score (nSPS) is 21.0. The monoisotopic (exact) mass is 615 g/mol. The molecule has 1 saturated carbocycles. The van der Waals surface area contributed by atoms with E-state index in [-0.39, 0.29) is 23.9 Å². The molecule has 45 heavy (non-hydrogen) atoms. The maximum absolute atomic E-state index is 13.6. The van der Waals surface area contributed by atoms with Crippen LogP contribution in [-0.4, -0.2) is 76.5 Å². The molecule has 0 spiro atoms. The van der Waals surface area contributed by atoms with Crippen molar-refractivity contribution in [1.29, 1.82) is 0 Å². The summed E-state index contributed by atoms with van der Waals surface area (Å²) < 4.78 is 27.9. The maximum atomic E-state index is 13.6. The van der Waals surface area contributed by atoms with Crippen molar-refractivity contribution in [2.45, 2.75) is 63.1 Å². The average Bonchev–Trinajstić information content (AvgIpc) is 3.76. The van der Waals surface area contributed by atoms with Crippen molar-refractivity contribution in [3.05, 3.63) is 65.9 Å². The molecule has 0 radical (unpaired) electrons. The number of fused-ring (bicyclic) bond motifs is 1. The number of aromatic nitrogens is 9. The van der Waals surface area contributed by atoms with Crippen LogP contribution in [-0.2, 0) is 14.3 Å². The first kappa shape index (κ1) is 29.0. The lowest BCUT2D eigenvalue weighted by Crippen LogP contribution is -2.50. The summed E-state index contributed by atoms with van der Waals surface area (Å²) in [6, 6.07) is 5.30. The summed E-state index contributed by atoms with van der Waals surface area (Å²) in [5, 5.41) is 23.1. The number of amides is 1. The summed E-state index contributed by atoms with van der Waals surface area (Å²) in [4.78, 5) is 28.0. The third-order valence-electron chi connectivity index (χ3n) is 8.76. The van der Waals surface area contributed by atoms with Gasteiger partial charge in [-0.15, -0.1) is 0 Å². The van der Waals surface area contributed by atoms with E-state index in [1.165, 1.54) is 10.9 Å². The van der Waals surface area contributed by atoms with Crippen LogP contribution in [0, 0.1) is 12.7 Å². The molecule has 1 atom stereocenters. The zero-order valence-electron chi connectivity index (χ0n) is 25.2. The highest BCUT2D eigenvalue weighted by atomic mass is 19.1. The second kappa shape index (κ2) is 11.6. The number of H-pyrrole nitrogens is 1. The number of carbonyl (C=O) groups excluding carboxylic acids is 1. The topological polar surface area (TPSA) is 163 Å². The Labute approximate surface area is 257 Å². The van der Waals surface area contributed by atoms with Crippen molar-refractivity contribution in [3.8, 4) is 5.82 Å². The number of aryl methyl sites for hydroxylation is 1. The standard InChI is InChI=1S/C30H34FN11O3/c1-17-10-24(40-39-17)36-27-23-13-34-42(22-15-45-16-22)28(23)38-26(37-27)19-6-8-30(44-3,9-7-19)29(43)35-18(2)20-4-5-25(32-11-20)41-14-21(31)12-33-41/h4-5,10-14,18-19,22H,6-9,15-16H2,1-3H3,(H,35,43)(H2,36,37,38,39,40)/t18-,19-,30+/m0/s1. The van der Waals surface area contributed by atoms with E-state index in [4.69, 9.17) is 19.4 Å². The number of carbonyl (C=O) groups is 1. The van der Waals surface area contributed by atoms with E-state index in [0.29, 0.717) is 62.2 Å². The Kier molecular flexibility index (Phi) is 7.49. The molecule has 14 nitrogen and oxygen atoms in total. The van der Waals surface area contributed by atoms with Gasteiger partial charge in [0.15, 0.2) is 23.1 Å². The third kappa shape index (κ3) is 5.53. The van der Waals surface area contributed by atoms with Crippen LogP contribution in [0.15, 0.2) is 43.0 Å². The molecule has 0 aromatic carbocycles. The Morgan fingerprint density at radius 2 is 2.00 bits per heavy atom. The van der Waals surface area contributed by atoms with E-state index in [0.717, 1.165) is 28.5 Å². The fourth-order valence-electron chi connectivity index (χ4n) is 5.95. The SMILES string of the molecule is CO[C@]1(C(=O)N[C@@H](C)c2ccc(-n3cc(F)cn3)nc2)CC[C@H](c2nc(Nc3cc(C)[nH]n3)c3cnn(C4COC4)c3n2)CC1.